The summed E-state index contributed by atoms with van der Waals surface area (Å²) in [7, 11) is -1.77. The van der Waals surface area contributed by atoms with Crippen LogP contribution >= 0.6 is 11.3 Å². The number of anilines is 2. The van der Waals surface area contributed by atoms with E-state index in [-0.39, 0.29) is 11.7 Å². The van der Waals surface area contributed by atoms with Crippen LogP contribution in [0, 0.1) is 0 Å². The highest BCUT2D eigenvalue weighted by molar-refractivity contribution is 7.92. The van der Waals surface area contributed by atoms with Crippen LogP contribution in [0.1, 0.15) is 24.2 Å². The van der Waals surface area contributed by atoms with Crippen molar-refractivity contribution in [2.45, 2.75) is 13.8 Å². The molecule has 0 fully saturated rings. The number of carbonyl (C=O) groups is 1. The summed E-state index contributed by atoms with van der Waals surface area (Å²) in [4.78, 5) is 12.5. The largest absolute Gasteiger partial charge is 0.497 e. The van der Waals surface area contributed by atoms with Gasteiger partial charge in [-0.05, 0) is 62.4 Å². The molecule has 0 aliphatic heterocycles. The zero-order chi connectivity index (χ0) is 21.7. The predicted molar refractivity (Wildman–Crippen MR) is 119 cm³/mol. The minimum atomic E-state index is -3.36. The van der Waals surface area contributed by atoms with Crippen LogP contribution in [-0.4, -0.2) is 43.9 Å². The monoisotopic (exact) mass is 446 g/mol. The first-order valence-electron chi connectivity index (χ1n) is 9.27. The lowest BCUT2D eigenvalue weighted by Crippen LogP contribution is -2.32. The number of amides is 1. The number of nitrogens with one attached hydrogen (secondary N) is 1. The summed E-state index contributed by atoms with van der Waals surface area (Å²) in [5.74, 6) is 0.408. The third kappa shape index (κ3) is 4.77. The SMILES string of the molecule is CCN(c1ccc(C(=O)Nc2nnc(-c3ccc(OC)cc3)s2)cc1)S(=O)(=O)CC. The van der Waals surface area contributed by atoms with E-state index in [1.54, 1.807) is 45.2 Å². The highest BCUT2D eigenvalue weighted by Gasteiger charge is 2.19. The second-order valence-electron chi connectivity index (χ2n) is 6.21. The first-order valence-corrected chi connectivity index (χ1v) is 11.7. The van der Waals surface area contributed by atoms with E-state index < -0.39 is 10.0 Å². The Kier molecular flexibility index (Phi) is 6.68. The van der Waals surface area contributed by atoms with Gasteiger partial charge in [0.05, 0.1) is 18.6 Å². The Hall–Kier alpha value is -2.98. The molecule has 1 aromatic heterocycles. The number of benzene rings is 2. The number of sulfonamides is 1. The van der Waals surface area contributed by atoms with Crippen molar-refractivity contribution in [3.63, 3.8) is 0 Å². The quantitative estimate of drug-likeness (QED) is 0.567. The Bertz CT molecular complexity index is 1110. The van der Waals surface area contributed by atoms with E-state index in [0.717, 1.165) is 11.3 Å². The lowest BCUT2D eigenvalue weighted by Gasteiger charge is -2.22. The van der Waals surface area contributed by atoms with Crippen molar-refractivity contribution in [2.75, 3.05) is 29.0 Å². The molecular weight excluding hydrogens is 424 g/mol. The first-order chi connectivity index (χ1) is 14.4. The minimum absolute atomic E-state index is 0.0106. The smallest absolute Gasteiger partial charge is 0.257 e. The van der Waals surface area contributed by atoms with Gasteiger partial charge in [0.1, 0.15) is 10.8 Å². The number of aromatic nitrogens is 2. The molecular formula is C20H22N4O4S2. The number of hydrogen-bond donors (Lipinski definition) is 1. The molecule has 1 amide bonds. The van der Waals surface area contributed by atoms with Crippen molar-refractivity contribution in [3.8, 4) is 16.3 Å². The van der Waals surface area contributed by atoms with Gasteiger partial charge < -0.3 is 4.74 Å². The van der Waals surface area contributed by atoms with Crippen LogP contribution in [0.5, 0.6) is 5.75 Å². The van der Waals surface area contributed by atoms with Gasteiger partial charge in [0.2, 0.25) is 15.2 Å². The lowest BCUT2D eigenvalue weighted by molar-refractivity contribution is 0.102. The summed E-state index contributed by atoms with van der Waals surface area (Å²) in [5.41, 5.74) is 1.79. The molecule has 10 heteroatoms. The summed E-state index contributed by atoms with van der Waals surface area (Å²) in [6, 6.07) is 13.8. The Labute approximate surface area is 179 Å². The summed E-state index contributed by atoms with van der Waals surface area (Å²) < 4.78 is 30.8. The molecule has 30 heavy (non-hydrogen) atoms. The van der Waals surface area contributed by atoms with Crippen molar-refractivity contribution >= 4 is 38.1 Å². The molecule has 0 aliphatic carbocycles. The standard InChI is InChI=1S/C20H22N4O4S2/c1-4-24(30(26,27)5-2)16-10-6-14(7-11-16)18(25)21-20-23-22-19(29-20)15-8-12-17(28-3)13-9-15/h6-13H,4-5H2,1-3H3,(H,21,23,25). The van der Waals surface area contributed by atoms with Gasteiger partial charge in [-0.25, -0.2) is 8.42 Å². The molecule has 3 aromatic rings. The van der Waals surface area contributed by atoms with E-state index in [1.807, 2.05) is 24.3 Å². The second kappa shape index (κ2) is 9.23. The van der Waals surface area contributed by atoms with Crippen LogP contribution in [0.3, 0.4) is 0 Å². The van der Waals surface area contributed by atoms with E-state index in [1.165, 1.54) is 15.6 Å². The number of nitrogens with zero attached hydrogens (tertiary/aromatic N) is 3. The van der Waals surface area contributed by atoms with Gasteiger partial charge in [0.25, 0.3) is 5.91 Å². The van der Waals surface area contributed by atoms with Gasteiger partial charge in [-0.1, -0.05) is 11.3 Å². The molecule has 158 valence electrons. The van der Waals surface area contributed by atoms with Gasteiger partial charge in [-0.2, -0.15) is 0 Å². The Balaban J connectivity index is 1.71. The van der Waals surface area contributed by atoms with Gasteiger partial charge in [0.15, 0.2) is 0 Å². The number of rotatable bonds is 8. The normalized spacial score (nSPS) is 11.2. The Morgan fingerprint density at radius 3 is 2.30 bits per heavy atom. The topological polar surface area (TPSA) is 101 Å². The minimum Gasteiger partial charge on any atom is -0.497 e. The van der Waals surface area contributed by atoms with E-state index in [2.05, 4.69) is 15.5 Å². The maximum absolute atomic E-state index is 12.5. The molecule has 1 heterocycles. The third-order valence-electron chi connectivity index (χ3n) is 4.39. The highest BCUT2D eigenvalue weighted by Crippen LogP contribution is 2.28. The van der Waals surface area contributed by atoms with Gasteiger partial charge >= 0.3 is 0 Å². The van der Waals surface area contributed by atoms with E-state index >= 15 is 0 Å². The summed E-state index contributed by atoms with van der Waals surface area (Å²) >= 11 is 1.26. The predicted octanol–water partition coefficient (Wildman–Crippen LogP) is 3.64. The average Bonchev–Trinajstić information content (AvgIpc) is 3.23. The van der Waals surface area contributed by atoms with E-state index in [4.69, 9.17) is 4.74 Å². The molecule has 8 nitrogen and oxygen atoms in total. The van der Waals surface area contributed by atoms with Crippen LogP contribution in [0.25, 0.3) is 10.6 Å². The maximum atomic E-state index is 12.5. The van der Waals surface area contributed by atoms with Crippen LogP contribution in [0.15, 0.2) is 48.5 Å². The summed E-state index contributed by atoms with van der Waals surface area (Å²) in [6.07, 6.45) is 0. The zero-order valence-electron chi connectivity index (χ0n) is 16.8. The molecule has 3 rings (SSSR count). The Morgan fingerprint density at radius 2 is 1.73 bits per heavy atom. The van der Waals surface area contributed by atoms with Crippen molar-refractivity contribution in [1.82, 2.24) is 10.2 Å². The van der Waals surface area contributed by atoms with Crippen LogP contribution in [0.4, 0.5) is 10.8 Å². The molecule has 0 bridgehead atoms. The molecule has 0 atom stereocenters. The van der Waals surface area contributed by atoms with Crippen molar-refractivity contribution in [2.24, 2.45) is 0 Å². The number of methoxy groups -OCH3 is 1. The van der Waals surface area contributed by atoms with E-state index in [9.17, 15) is 13.2 Å². The second-order valence-corrected chi connectivity index (χ2v) is 9.37. The molecule has 0 spiro atoms. The first kappa shape index (κ1) is 21.7. The molecule has 0 saturated heterocycles. The molecule has 0 unspecified atom stereocenters. The lowest BCUT2D eigenvalue weighted by atomic mass is 10.2. The third-order valence-corrected chi connectivity index (χ3v) is 7.15. The van der Waals surface area contributed by atoms with Gasteiger partial charge in [-0.3, -0.25) is 14.4 Å². The molecule has 1 N–H and O–H groups in total. The number of ether oxygens (including phenoxy) is 1. The van der Waals surface area contributed by atoms with Crippen LogP contribution in [0.2, 0.25) is 0 Å². The van der Waals surface area contributed by atoms with Crippen molar-refractivity contribution in [3.05, 3.63) is 54.1 Å². The van der Waals surface area contributed by atoms with Crippen LogP contribution < -0.4 is 14.4 Å². The number of carbonyl (C=O) groups excluding carboxylic acids is 1. The van der Waals surface area contributed by atoms with Crippen molar-refractivity contribution in [1.29, 1.82) is 0 Å². The molecule has 0 aliphatic rings. The zero-order valence-corrected chi connectivity index (χ0v) is 18.5. The van der Waals surface area contributed by atoms with Gasteiger partial charge in [-0.15, -0.1) is 10.2 Å². The fourth-order valence-corrected chi connectivity index (χ4v) is 4.66. The molecule has 0 saturated carbocycles. The van der Waals surface area contributed by atoms with Crippen molar-refractivity contribution < 1.29 is 17.9 Å². The number of hydrogen-bond acceptors (Lipinski definition) is 7. The van der Waals surface area contributed by atoms with Gasteiger partial charge in [0, 0.05) is 17.7 Å². The average molecular weight is 447 g/mol. The Morgan fingerprint density at radius 1 is 1.07 bits per heavy atom. The maximum Gasteiger partial charge on any atom is 0.257 e. The fourth-order valence-electron chi connectivity index (χ4n) is 2.77. The summed E-state index contributed by atoms with van der Waals surface area (Å²) in [5, 5.41) is 11.9. The molecule has 2 aromatic carbocycles. The molecule has 0 radical (unpaired) electrons. The van der Waals surface area contributed by atoms with E-state index in [0.29, 0.717) is 27.9 Å². The fraction of sp³-hybridized carbons (Fsp3) is 0.250. The highest BCUT2D eigenvalue weighted by atomic mass is 32.2. The van der Waals surface area contributed by atoms with Crippen LogP contribution in [-0.2, 0) is 10.0 Å². The summed E-state index contributed by atoms with van der Waals surface area (Å²) in [6.45, 7) is 3.69.